The molecule has 1 aromatic heterocycles. The van der Waals surface area contributed by atoms with Crippen molar-refractivity contribution in [3.63, 3.8) is 0 Å². The van der Waals surface area contributed by atoms with E-state index in [0.717, 1.165) is 51.3 Å². The normalized spacial score (nSPS) is 15.1. The van der Waals surface area contributed by atoms with Gasteiger partial charge in [-0.2, -0.15) is 0 Å². The molecule has 0 radical (unpaired) electrons. The van der Waals surface area contributed by atoms with Gasteiger partial charge in [0.2, 0.25) is 0 Å². The minimum Gasteiger partial charge on any atom is -0.493 e. The Bertz CT molecular complexity index is 1030. The number of hydrogen-bond acceptors (Lipinski definition) is 4. The molecule has 2 aromatic carbocycles. The highest BCUT2D eigenvalue weighted by atomic mass is 32.1. The van der Waals surface area contributed by atoms with E-state index in [-0.39, 0.29) is 0 Å². The molecule has 0 saturated heterocycles. The summed E-state index contributed by atoms with van der Waals surface area (Å²) >= 11 is 1.50. The minimum absolute atomic E-state index is 0.569. The molecule has 0 amide bonds. The lowest BCUT2D eigenvalue weighted by Gasteiger charge is -2.25. The van der Waals surface area contributed by atoms with Gasteiger partial charge < -0.3 is 14.6 Å². The van der Waals surface area contributed by atoms with E-state index in [9.17, 15) is 9.90 Å². The van der Waals surface area contributed by atoms with Crippen molar-refractivity contribution in [2.24, 2.45) is 0 Å². The lowest BCUT2D eigenvalue weighted by atomic mass is 9.95. The number of carboxylic acid groups (broad SMARTS) is 1. The lowest BCUT2D eigenvalue weighted by molar-refractivity contribution is -0.160. The van der Waals surface area contributed by atoms with Crippen molar-refractivity contribution in [2.45, 2.75) is 45.3 Å². The van der Waals surface area contributed by atoms with Crippen molar-refractivity contribution < 1.29 is 19.4 Å². The van der Waals surface area contributed by atoms with E-state index in [0.29, 0.717) is 0 Å². The van der Waals surface area contributed by atoms with Gasteiger partial charge in [-0.1, -0.05) is 24.3 Å². The van der Waals surface area contributed by atoms with Crippen LogP contribution in [0.4, 0.5) is 0 Å². The molecule has 0 saturated carbocycles. The number of carbonyl (C=O) groups is 1. The van der Waals surface area contributed by atoms with Crippen LogP contribution in [-0.4, -0.2) is 23.3 Å². The Morgan fingerprint density at radius 1 is 1.21 bits per heavy atom. The van der Waals surface area contributed by atoms with Gasteiger partial charge in [0.25, 0.3) is 0 Å². The highest BCUT2D eigenvalue weighted by Crippen LogP contribution is 2.45. The maximum absolute atomic E-state index is 12.1. The smallest absolute Gasteiger partial charge is 0.338 e. The average molecular weight is 397 g/mol. The zero-order valence-electron chi connectivity index (χ0n) is 16.3. The fourth-order valence-corrected chi connectivity index (χ4v) is 4.88. The fourth-order valence-electron chi connectivity index (χ4n) is 3.63. The summed E-state index contributed by atoms with van der Waals surface area (Å²) < 4.78 is 12.8. The summed E-state index contributed by atoms with van der Waals surface area (Å²) in [6.07, 6.45) is 0.958. The Labute approximate surface area is 168 Å². The van der Waals surface area contributed by atoms with Crippen LogP contribution in [0.1, 0.15) is 43.7 Å². The zero-order valence-corrected chi connectivity index (χ0v) is 17.1. The van der Waals surface area contributed by atoms with Gasteiger partial charge in [-0.15, -0.1) is 11.3 Å². The second-order valence-corrected chi connectivity index (χ2v) is 9.14. The van der Waals surface area contributed by atoms with Crippen molar-refractivity contribution in [1.82, 2.24) is 0 Å². The number of thiophene rings is 1. The van der Waals surface area contributed by atoms with E-state index in [1.807, 2.05) is 51.1 Å². The molecule has 0 aliphatic carbocycles. The van der Waals surface area contributed by atoms with Gasteiger partial charge in [0.1, 0.15) is 5.75 Å². The number of carboxylic acids is 1. The number of benzene rings is 2. The standard InChI is InChI=1S/C23H24O4S/c1-23(2,3)27-20(22(24)25)21-19(16-8-4-5-9-18(16)28-21)15-10-11-17-14(13-15)7-6-12-26-17/h4-5,8-11,13,20H,6-7,12H2,1-3H3,(H,24,25). The molecule has 0 fully saturated rings. The predicted octanol–water partition coefficient (Wildman–Crippen LogP) is 5.83. The van der Waals surface area contributed by atoms with Gasteiger partial charge in [0.05, 0.1) is 17.1 Å². The number of hydrogen-bond donors (Lipinski definition) is 1. The quantitative estimate of drug-likeness (QED) is 0.602. The third-order valence-electron chi connectivity index (χ3n) is 4.75. The van der Waals surface area contributed by atoms with E-state index >= 15 is 0 Å². The largest absolute Gasteiger partial charge is 0.493 e. The molecule has 0 spiro atoms. The first kappa shape index (κ1) is 19.0. The summed E-state index contributed by atoms with van der Waals surface area (Å²) in [5.74, 6) is -0.0409. The number of rotatable bonds is 4. The third-order valence-corrected chi connectivity index (χ3v) is 5.97. The van der Waals surface area contributed by atoms with E-state index in [1.165, 1.54) is 16.9 Å². The van der Waals surface area contributed by atoms with Crippen LogP contribution in [0.3, 0.4) is 0 Å². The van der Waals surface area contributed by atoms with Crippen LogP contribution in [0.2, 0.25) is 0 Å². The number of aryl methyl sites for hydroxylation is 1. The van der Waals surface area contributed by atoms with E-state index in [1.54, 1.807) is 0 Å². The second-order valence-electron chi connectivity index (χ2n) is 8.06. The molecule has 3 aromatic rings. The van der Waals surface area contributed by atoms with Crippen LogP contribution < -0.4 is 4.74 Å². The molecule has 1 atom stereocenters. The Balaban J connectivity index is 1.92. The van der Waals surface area contributed by atoms with Crippen molar-refractivity contribution in [2.75, 3.05) is 6.61 Å². The van der Waals surface area contributed by atoms with Gasteiger partial charge in [-0.3, -0.25) is 0 Å². The first-order valence-corrected chi connectivity index (χ1v) is 10.3. The van der Waals surface area contributed by atoms with E-state index in [4.69, 9.17) is 9.47 Å². The minimum atomic E-state index is -1.01. The summed E-state index contributed by atoms with van der Waals surface area (Å²) in [4.78, 5) is 12.9. The molecule has 28 heavy (non-hydrogen) atoms. The average Bonchev–Trinajstić information content (AvgIpc) is 3.04. The van der Waals surface area contributed by atoms with Crippen molar-refractivity contribution in [3.8, 4) is 16.9 Å². The highest BCUT2D eigenvalue weighted by Gasteiger charge is 2.32. The van der Waals surface area contributed by atoms with Crippen LogP contribution >= 0.6 is 11.3 Å². The molecule has 1 aliphatic rings. The Hall–Kier alpha value is -2.37. The Morgan fingerprint density at radius 2 is 2.00 bits per heavy atom. The van der Waals surface area contributed by atoms with Gasteiger partial charge in [0, 0.05) is 15.6 Å². The van der Waals surface area contributed by atoms with Gasteiger partial charge in [-0.25, -0.2) is 4.79 Å². The first-order valence-electron chi connectivity index (χ1n) is 9.51. The molecule has 146 valence electrons. The molecule has 1 aliphatic heterocycles. The van der Waals surface area contributed by atoms with Crippen molar-refractivity contribution in [3.05, 3.63) is 52.9 Å². The van der Waals surface area contributed by atoms with Gasteiger partial charge in [0.15, 0.2) is 6.10 Å². The predicted molar refractivity (Wildman–Crippen MR) is 112 cm³/mol. The lowest BCUT2D eigenvalue weighted by Crippen LogP contribution is -2.27. The summed E-state index contributed by atoms with van der Waals surface area (Å²) in [7, 11) is 0. The Morgan fingerprint density at radius 3 is 2.75 bits per heavy atom. The third kappa shape index (κ3) is 3.64. The zero-order chi connectivity index (χ0) is 19.9. The van der Waals surface area contributed by atoms with Crippen molar-refractivity contribution >= 4 is 27.4 Å². The highest BCUT2D eigenvalue weighted by molar-refractivity contribution is 7.19. The fraction of sp³-hybridized carbons (Fsp3) is 0.348. The van der Waals surface area contributed by atoms with Crippen LogP contribution in [0.15, 0.2) is 42.5 Å². The maximum atomic E-state index is 12.1. The molecule has 1 unspecified atom stereocenters. The maximum Gasteiger partial charge on any atom is 0.338 e. The molecular weight excluding hydrogens is 372 g/mol. The topological polar surface area (TPSA) is 55.8 Å². The number of ether oxygens (including phenoxy) is 2. The molecule has 2 heterocycles. The van der Waals surface area contributed by atoms with Gasteiger partial charge in [-0.05, 0) is 62.9 Å². The van der Waals surface area contributed by atoms with Crippen molar-refractivity contribution in [1.29, 1.82) is 0 Å². The monoisotopic (exact) mass is 396 g/mol. The summed E-state index contributed by atoms with van der Waals surface area (Å²) in [6, 6.07) is 14.2. The molecule has 5 heteroatoms. The molecule has 1 N–H and O–H groups in total. The van der Waals surface area contributed by atoms with Gasteiger partial charge >= 0.3 is 5.97 Å². The summed E-state index contributed by atoms with van der Waals surface area (Å²) in [5, 5.41) is 11.0. The SMILES string of the molecule is CC(C)(C)OC(C(=O)O)c1sc2ccccc2c1-c1ccc2c(c1)CCCO2. The van der Waals surface area contributed by atoms with Crippen LogP contribution in [0.5, 0.6) is 5.75 Å². The van der Waals surface area contributed by atoms with E-state index < -0.39 is 17.7 Å². The summed E-state index contributed by atoms with van der Waals surface area (Å²) in [6.45, 7) is 6.39. The summed E-state index contributed by atoms with van der Waals surface area (Å²) in [5.41, 5.74) is 2.57. The van der Waals surface area contributed by atoms with Crippen LogP contribution in [0, 0.1) is 0 Å². The second kappa shape index (κ2) is 7.22. The molecule has 0 bridgehead atoms. The van der Waals surface area contributed by atoms with Crippen LogP contribution in [-0.2, 0) is 16.0 Å². The molecular formula is C23H24O4S. The van der Waals surface area contributed by atoms with Crippen LogP contribution in [0.25, 0.3) is 21.2 Å². The number of fused-ring (bicyclic) bond motifs is 2. The molecule has 4 rings (SSSR count). The Kier molecular flexibility index (Phi) is 4.89. The molecule has 4 nitrogen and oxygen atoms in total. The first-order chi connectivity index (χ1) is 13.3. The van der Waals surface area contributed by atoms with E-state index in [2.05, 4.69) is 12.1 Å². The number of aliphatic carboxylic acids is 1.